The number of hydrogen-bond donors (Lipinski definition) is 1. The molecule has 0 heterocycles. The number of nitrogens with one attached hydrogen (secondary N) is 1. The van der Waals surface area contributed by atoms with Crippen LogP contribution in [0.2, 0.25) is 0 Å². The van der Waals surface area contributed by atoms with E-state index in [9.17, 15) is 8.42 Å². The van der Waals surface area contributed by atoms with Crippen molar-refractivity contribution in [3.8, 4) is 0 Å². The van der Waals surface area contributed by atoms with Crippen molar-refractivity contribution in [1.29, 1.82) is 0 Å². The summed E-state index contributed by atoms with van der Waals surface area (Å²) in [5.74, 6) is 0.302. The molecule has 0 aliphatic carbocycles. The lowest BCUT2D eigenvalue weighted by Crippen LogP contribution is -2.30. The zero-order valence-corrected chi connectivity index (χ0v) is 11.6. The summed E-state index contributed by atoms with van der Waals surface area (Å²) in [7, 11) is -0.0741. The van der Waals surface area contributed by atoms with Crippen LogP contribution in [0.15, 0.2) is 29.2 Å². The highest BCUT2D eigenvalue weighted by atomic mass is 32.2. The van der Waals surface area contributed by atoms with E-state index in [4.69, 9.17) is 0 Å². The normalized spacial score (nSPS) is 12.1. The van der Waals surface area contributed by atoms with Crippen LogP contribution >= 0.6 is 0 Å². The number of anilines is 1. The van der Waals surface area contributed by atoms with Gasteiger partial charge in [-0.3, -0.25) is 0 Å². The van der Waals surface area contributed by atoms with Gasteiger partial charge in [0, 0.05) is 20.6 Å². The van der Waals surface area contributed by atoms with Crippen molar-refractivity contribution in [2.45, 2.75) is 18.7 Å². The minimum Gasteiger partial charge on any atom is -0.387 e. The fraction of sp³-hybridized carbons (Fsp3) is 0.500. The lowest BCUT2D eigenvalue weighted by Gasteiger charge is -2.20. The topological polar surface area (TPSA) is 49.4 Å². The van der Waals surface area contributed by atoms with Gasteiger partial charge >= 0.3 is 0 Å². The maximum Gasteiger partial charge on any atom is 0.244 e. The predicted octanol–water partition coefficient (Wildman–Crippen LogP) is 2.00. The number of nitrogens with zero attached hydrogens (tertiary/aromatic N) is 1. The minimum atomic E-state index is -3.41. The fourth-order valence-corrected chi connectivity index (χ4v) is 3.21. The monoisotopic (exact) mass is 256 g/mol. The zero-order chi connectivity index (χ0) is 13.1. The molecule has 0 atom stereocenters. The Morgan fingerprint density at radius 1 is 1.29 bits per heavy atom. The van der Waals surface area contributed by atoms with Crippen molar-refractivity contribution in [3.63, 3.8) is 0 Å². The van der Waals surface area contributed by atoms with E-state index in [0.29, 0.717) is 23.0 Å². The average Bonchev–Trinajstić information content (AvgIpc) is 2.28. The highest BCUT2D eigenvalue weighted by Gasteiger charge is 2.23. The lowest BCUT2D eigenvalue weighted by molar-refractivity contribution is 0.417. The van der Waals surface area contributed by atoms with Gasteiger partial charge in [0.1, 0.15) is 4.90 Å². The van der Waals surface area contributed by atoms with Gasteiger partial charge in [0.15, 0.2) is 0 Å². The van der Waals surface area contributed by atoms with Crippen LogP contribution in [0.3, 0.4) is 0 Å². The van der Waals surface area contributed by atoms with Gasteiger partial charge in [0.05, 0.1) is 5.69 Å². The molecule has 4 nitrogen and oxygen atoms in total. The van der Waals surface area contributed by atoms with Crippen LogP contribution in [-0.4, -0.2) is 33.4 Å². The van der Waals surface area contributed by atoms with Gasteiger partial charge in [-0.15, -0.1) is 0 Å². The van der Waals surface area contributed by atoms with Gasteiger partial charge < -0.3 is 5.32 Å². The Kier molecular flexibility index (Phi) is 4.54. The molecule has 1 aromatic carbocycles. The number of benzene rings is 1. The first kappa shape index (κ1) is 14.0. The van der Waals surface area contributed by atoms with E-state index in [1.54, 1.807) is 32.3 Å². The highest BCUT2D eigenvalue weighted by Crippen LogP contribution is 2.23. The molecule has 0 aliphatic rings. The van der Waals surface area contributed by atoms with Gasteiger partial charge in [-0.25, -0.2) is 12.7 Å². The van der Waals surface area contributed by atoms with E-state index in [1.807, 2.05) is 19.9 Å². The van der Waals surface area contributed by atoms with Crippen LogP contribution in [0.25, 0.3) is 0 Å². The summed E-state index contributed by atoms with van der Waals surface area (Å²) in [4.78, 5) is 0.325. The third-order valence-electron chi connectivity index (χ3n) is 2.47. The predicted molar refractivity (Wildman–Crippen MR) is 70.6 cm³/mol. The fourth-order valence-electron chi connectivity index (χ4n) is 1.68. The number of para-hydroxylation sites is 1. The van der Waals surface area contributed by atoms with E-state index in [2.05, 4.69) is 5.32 Å². The van der Waals surface area contributed by atoms with Crippen molar-refractivity contribution < 1.29 is 8.42 Å². The van der Waals surface area contributed by atoms with E-state index >= 15 is 0 Å². The first-order valence-corrected chi connectivity index (χ1v) is 7.06. The van der Waals surface area contributed by atoms with Crippen molar-refractivity contribution in [3.05, 3.63) is 24.3 Å². The molecule has 0 radical (unpaired) electrons. The Bertz CT molecular complexity index is 469. The standard InChI is InChI=1S/C12H20N2O2S/c1-10(2)9-14(4)17(15,16)12-8-6-5-7-11(12)13-3/h5-8,10,13H,9H2,1-4H3. The Hall–Kier alpha value is -1.07. The molecular weight excluding hydrogens is 236 g/mol. The van der Waals surface area contributed by atoms with E-state index in [0.717, 1.165) is 0 Å². The summed E-state index contributed by atoms with van der Waals surface area (Å²) in [5, 5.41) is 2.90. The molecule has 0 fully saturated rings. The summed E-state index contributed by atoms with van der Waals surface area (Å²) in [5.41, 5.74) is 0.628. The van der Waals surface area contributed by atoms with E-state index in [1.165, 1.54) is 4.31 Å². The van der Waals surface area contributed by atoms with E-state index in [-0.39, 0.29) is 0 Å². The third-order valence-corrected chi connectivity index (χ3v) is 4.35. The summed E-state index contributed by atoms with van der Waals surface area (Å²) >= 11 is 0. The molecule has 0 saturated carbocycles. The second-order valence-corrected chi connectivity index (χ2v) is 6.44. The molecule has 0 bridgehead atoms. The highest BCUT2D eigenvalue weighted by molar-refractivity contribution is 7.89. The van der Waals surface area contributed by atoms with Crippen molar-refractivity contribution in [2.75, 3.05) is 26.0 Å². The largest absolute Gasteiger partial charge is 0.387 e. The van der Waals surface area contributed by atoms with Gasteiger partial charge in [-0.05, 0) is 18.1 Å². The maximum atomic E-state index is 12.3. The maximum absolute atomic E-state index is 12.3. The SMILES string of the molecule is CNc1ccccc1S(=O)(=O)N(C)CC(C)C. The molecule has 0 aliphatic heterocycles. The summed E-state index contributed by atoms with van der Waals surface area (Å²) in [6, 6.07) is 6.93. The van der Waals surface area contributed by atoms with Crippen LogP contribution in [0, 0.1) is 5.92 Å². The van der Waals surface area contributed by atoms with Crippen LogP contribution in [-0.2, 0) is 10.0 Å². The quantitative estimate of drug-likeness (QED) is 0.876. The first-order chi connectivity index (χ1) is 7.89. The molecule has 17 heavy (non-hydrogen) atoms. The molecule has 0 amide bonds. The molecule has 0 aromatic heterocycles. The van der Waals surface area contributed by atoms with Crippen molar-refractivity contribution in [1.82, 2.24) is 4.31 Å². The number of sulfonamides is 1. The smallest absolute Gasteiger partial charge is 0.244 e. The molecule has 0 spiro atoms. The van der Waals surface area contributed by atoms with Crippen LogP contribution in [0.1, 0.15) is 13.8 Å². The molecule has 96 valence electrons. The Balaban J connectivity index is 3.13. The average molecular weight is 256 g/mol. The molecule has 0 unspecified atom stereocenters. The van der Waals surface area contributed by atoms with Gasteiger partial charge in [-0.1, -0.05) is 26.0 Å². The zero-order valence-electron chi connectivity index (χ0n) is 10.8. The van der Waals surface area contributed by atoms with Gasteiger partial charge in [-0.2, -0.15) is 0 Å². The summed E-state index contributed by atoms with van der Waals surface area (Å²) in [6.07, 6.45) is 0. The molecular formula is C12H20N2O2S. The lowest BCUT2D eigenvalue weighted by atomic mass is 10.2. The molecule has 1 rings (SSSR count). The third kappa shape index (κ3) is 3.20. The van der Waals surface area contributed by atoms with Gasteiger partial charge in [0.25, 0.3) is 0 Å². The Morgan fingerprint density at radius 3 is 2.41 bits per heavy atom. The number of hydrogen-bond acceptors (Lipinski definition) is 3. The summed E-state index contributed by atoms with van der Waals surface area (Å²) in [6.45, 7) is 4.51. The molecule has 5 heteroatoms. The first-order valence-electron chi connectivity index (χ1n) is 5.62. The Labute approximate surface area is 104 Å². The van der Waals surface area contributed by atoms with Crippen LogP contribution in [0.5, 0.6) is 0 Å². The summed E-state index contributed by atoms with van der Waals surface area (Å²) < 4.78 is 26.1. The van der Waals surface area contributed by atoms with Crippen molar-refractivity contribution in [2.24, 2.45) is 5.92 Å². The molecule has 1 aromatic rings. The molecule has 0 saturated heterocycles. The van der Waals surface area contributed by atoms with Crippen LogP contribution < -0.4 is 5.32 Å². The van der Waals surface area contributed by atoms with Gasteiger partial charge in [0.2, 0.25) is 10.0 Å². The second kappa shape index (κ2) is 5.51. The molecule has 1 N–H and O–H groups in total. The van der Waals surface area contributed by atoms with Crippen LogP contribution in [0.4, 0.5) is 5.69 Å². The Morgan fingerprint density at radius 2 is 1.88 bits per heavy atom. The number of rotatable bonds is 5. The van der Waals surface area contributed by atoms with E-state index < -0.39 is 10.0 Å². The second-order valence-electron chi connectivity index (χ2n) is 4.43. The minimum absolute atomic E-state index is 0.302. The van der Waals surface area contributed by atoms with Crippen molar-refractivity contribution >= 4 is 15.7 Å².